The topological polar surface area (TPSA) is 15.3 Å². The van der Waals surface area contributed by atoms with E-state index in [9.17, 15) is 0 Å². The van der Waals surface area contributed by atoms with Crippen molar-refractivity contribution in [2.24, 2.45) is 0 Å². The summed E-state index contributed by atoms with van der Waals surface area (Å²) >= 11 is 0. The van der Waals surface area contributed by atoms with E-state index in [-0.39, 0.29) is 0 Å². The Bertz CT molecular complexity index is 167. The smallest absolute Gasteiger partial charge is 0.0119 e. The van der Waals surface area contributed by atoms with Crippen molar-refractivity contribution in [1.29, 1.82) is 0 Å². The summed E-state index contributed by atoms with van der Waals surface area (Å²) < 4.78 is 0. The predicted octanol–water partition coefficient (Wildman–Crippen LogP) is 2.39. The van der Waals surface area contributed by atoms with Crippen LogP contribution in [0.15, 0.2) is 0 Å². The summed E-state index contributed by atoms with van der Waals surface area (Å²) in [5, 5.41) is 3.46. The van der Waals surface area contributed by atoms with Crippen LogP contribution in [0, 0.1) is 0 Å². The molecule has 2 aliphatic rings. The molecule has 1 saturated heterocycles. The molecule has 2 nitrogen and oxygen atoms in total. The van der Waals surface area contributed by atoms with Gasteiger partial charge in [0.05, 0.1) is 0 Å². The molecular weight excluding hydrogens is 184 g/mol. The van der Waals surface area contributed by atoms with Gasteiger partial charge in [-0.05, 0) is 45.8 Å². The van der Waals surface area contributed by atoms with Gasteiger partial charge in [0.15, 0.2) is 0 Å². The first kappa shape index (κ1) is 11.4. The lowest BCUT2D eigenvalue weighted by atomic mass is 10.00. The minimum atomic E-state index is 0.856. The van der Waals surface area contributed by atoms with E-state index in [0.29, 0.717) is 0 Å². The summed E-state index contributed by atoms with van der Waals surface area (Å²) in [5.74, 6) is 0. The molecule has 1 saturated carbocycles. The van der Waals surface area contributed by atoms with Gasteiger partial charge >= 0.3 is 0 Å². The molecule has 0 unspecified atom stereocenters. The molecule has 0 aromatic heterocycles. The van der Waals surface area contributed by atoms with Crippen LogP contribution in [0.2, 0.25) is 0 Å². The molecule has 1 aliphatic carbocycles. The zero-order valence-electron chi connectivity index (χ0n) is 10.2. The number of hydrogen-bond donors (Lipinski definition) is 1. The second-order valence-corrected chi connectivity index (χ2v) is 5.29. The predicted molar refractivity (Wildman–Crippen MR) is 65.1 cm³/mol. The van der Waals surface area contributed by atoms with Gasteiger partial charge in [-0.2, -0.15) is 0 Å². The quantitative estimate of drug-likeness (QED) is 0.704. The van der Waals surface area contributed by atoms with Gasteiger partial charge in [0.2, 0.25) is 0 Å². The fraction of sp³-hybridized carbons (Fsp3) is 1.00. The van der Waals surface area contributed by atoms with E-state index < -0.39 is 0 Å². The van der Waals surface area contributed by atoms with Crippen molar-refractivity contribution in [3.63, 3.8) is 0 Å². The molecule has 0 radical (unpaired) electrons. The first-order valence-corrected chi connectivity index (χ1v) is 6.80. The van der Waals surface area contributed by atoms with E-state index in [4.69, 9.17) is 0 Å². The first-order valence-electron chi connectivity index (χ1n) is 6.80. The summed E-state index contributed by atoms with van der Waals surface area (Å²) in [7, 11) is 2.37. The highest BCUT2D eigenvalue weighted by Crippen LogP contribution is 2.24. The molecule has 0 atom stereocenters. The van der Waals surface area contributed by atoms with Crippen molar-refractivity contribution in [2.45, 2.75) is 63.5 Å². The monoisotopic (exact) mass is 210 g/mol. The van der Waals surface area contributed by atoms with Crippen molar-refractivity contribution in [1.82, 2.24) is 10.2 Å². The summed E-state index contributed by atoms with van der Waals surface area (Å²) in [6, 6.07) is 1.74. The molecule has 0 amide bonds. The molecular formula is C13H26N2. The zero-order valence-corrected chi connectivity index (χ0v) is 10.2. The Labute approximate surface area is 94.4 Å². The second kappa shape index (κ2) is 5.86. The van der Waals surface area contributed by atoms with Gasteiger partial charge in [-0.1, -0.05) is 25.7 Å². The van der Waals surface area contributed by atoms with E-state index in [2.05, 4.69) is 17.3 Å². The van der Waals surface area contributed by atoms with Crippen LogP contribution in [0.5, 0.6) is 0 Å². The van der Waals surface area contributed by atoms with E-state index >= 15 is 0 Å². The largest absolute Gasteiger partial charge is 0.317 e. The molecule has 15 heavy (non-hydrogen) atoms. The number of nitrogens with one attached hydrogen (secondary N) is 1. The van der Waals surface area contributed by atoms with Crippen molar-refractivity contribution < 1.29 is 0 Å². The first-order chi connectivity index (χ1) is 7.38. The van der Waals surface area contributed by atoms with E-state index in [1.54, 1.807) is 0 Å². The van der Waals surface area contributed by atoms with Gasteiger partial charge in [0.1, 0.15) is 0 Å². The zero-order chi connectivity index (χ0) is 10.5. The summed E-state index contributed by atoms with van der Waals surface area (Å²) in [6.07, 6.45) is 11.5. The Hall–Kier alpha value is -0.0800. The van der Waals surface area contributed by atoms with Crippen LogP contribution in [0.25, 0.3) is 0 Å². The summed E-state index contributed by atoms with van der Waals surface area (Å²) in [5.41, 5.74) is 0. The third kappa shape index (κ3) is 3.18. The average Bonchev–Trinajstić information content (AvgIpc) is 2.58. The fourth-order valence-electron chi connectivity index (χ4n) is 3.18. The van der Waals surface area contributed by atoms with Gasteiger partial charge < -0.3 is 10.2 Å². The van der Waals surface area contributed by atoms with Gasteiger partial charge in [0.25, 0.3) is 0 Å². The van der Waals surface area contributed by atoms with Gasteiger partial charge in [-0.3, -0.25) is 0 Å². The summed E-state index contributed by atoms with van der Waals surface area (Å²) in [4.78, 5) is 2.70. The van der Waals surface area contributed by atoms with Crippen LogP contribution >= 0.6 is 0 Å². The highest BCUT2D eigenvalue weighted by atomic mass is 15.2. The lowest BCUT2D eigenvalue weighted by Crippen LogP contribution is -2.45. The third-order valence-electron chi connectivity index (χ3n) is 4.29. The Morgan fingerprint density at radius 3 is 1.93 bits per heavy atom. The van der Waals surface area contributed by atoms with Crippen LogP contribution in [-0.4, -0.2) is 37.1 Å². The maximum Gasteiger partial charge on any atom is 0.0119 e. The van der Waals surface area contributed by atoms with Crippen LogP contribution in [-0.2, 0) is 0 Å². The Balaban J connectivity index is 1.83. The fourth-order valence-corrected chi connectivity index (χ4v) is 3.18. The van der Waals surface area contributed by atoms with Gasteiger partial charge in [0, 0.05) is 12.1 Å². The molecule has 1 heterocycles. The molecule has 2 heteroatoms. The molecule has 0 aromatic rings. The minimum absolute atomic E-state index is 0.856. The maximum absolute atomic E-state index is 3.46. The molecule has 2 fully saturated rings. The third-order valence-corrected chi connectivity index (χ3v) is 4.29. The number of piperidine rings is 1. The average molecular weight is 210 g/mol. The highest BCUT2D eigenvalue weighted by molar-refractivity contribution is 4.81. The Morgan fingerprint density at radius 1 is 0.800 bits per heavy atom. The molecule has 88 valence electrons. The molecule has 2 rings (SSSR count). The number of nitrogens with zero attached hydrogens (tertiary/aromatic N) is 1. The second-order valence-electron chi connectivity index (χ2n) is 5.29. The standard InChI is InChI=1S/C13H26N2/c1-15(13-8-10-14-11-9-13)12-6-4-2-3-5-7-12/h12-14H,2-11H2,1H3. The molecule has 0 aromatic carbocycles. The van der Waals surface area contributed by atoms with Crippen molar-refractivity contribution in [3.8, 4) is 0 Å². The van der Waals surface area contributed by atoms with Gasteiger partial charge in [-0.25, -0.2) is 0 Å². The summed E-state index contributed by atoms with van der Waals surface area (Å²) in [6.45, 7) is 2.45. The van der Waals surface area contributed by atoms with Crippen LogP contribution < -0.4 is 5.32 Å². The Morgan fingerprint density at radius 2 is 1.33 bits per heavy atom. The normalized spacial score (nSPS) is 26.8. The molecule has 1 aliphatic heterocycles. The molecule has 1 N–H and O–H groups in total. The van der Waals surface area contributed by atoms with Crippen molar-refractivity contribution >= 4 is 0 Å². The number of hydrogen-bond acceptors (Lipinski definition) is 2. The minimum Gasteiger partial charge on any atom is -0.317 e. The van der Waals surface area contributed by atoms with E-state index in [0.717, 1.165) is 12.1 Å². The maximum atomic E-state index is 3.46. The number of rotatable bonds is 2. The lowest BCUT2D eigenvalue weighted by Gasteiger charge is -2.37. The SMILES string of the molecule is CN(C1CCCCCC1)C1CCNCC1. The van der Waals surface area contributed by atoms with E-state index in [1.807, 2.05) is 0 Å². The van der Waals surface area contributed by atoms with Crippen LogP contribution in [0.4, 0.5) is 0 Å². The van der Waals surface area contributed by atoms with Crippen molar-refractivity contribution in [3.05, 3.63) is 0 Å². The Kier molecular flexibility index (Phi) is 4.45. The highest BCUT2D eigenvalue weighted by Gasteiger charge is 2.24. The lowest BCUT2D eigenvalue weighted by molar-refractivity contribution is 0.131. The molecule has 0 bridgehead atoms. The van der Waals surface area contributed by atoms with Crippen LogP contribution in [0.3, 0.4) is 0 Å². The van der Waals surface area contributed by atoms with Crippen LogP contribution in [0.1, 0.15) is 51.4 Å². The van der Waals surface area contributed by atoms with Crippen molar-refractivity contribution in [2.75, 3.05) is 20.1 Å². The molecule has 0 spiro atoms. The van der Waals surface area contributed by atoms with Gasteiger partial charge in [-0.15, -0.1) is 0 Å². The van der Waals surface area contributed by atoms with E-state index in [1.165, 1.54) is 64.5 Å².